The largest absolute Gasteiger partial charge is 0.360 e. The molecule has 0 saturated heterocycles. The van der Waals surface area contributed by atoms with Crippen molar-refractivity contribution in [1.82, 2.24) is 10.3 Å². The van der Waals surface area contributed by atoms with Crippen LogP contribution in [-0.4, -0.2) is 18.6 Å². The molecule has 2 rings (SSSR count). The Morgan fingerprint density at radius 3 is 3.07 bits per heavy atom. The van der Waals surface area contributed by atoms with E-state index < -0.39 is 0 Å². The summed E-state index contributed by atoms with van der Waals surface area (Å²) in [5.74, 6) is 0. The molecule has 0 fully saturated rings. The summed E-state index contributed by atoms with van der Waals surface area (Å²) in [4.78, 5) is 3.24. The van der Waals surface area contributed by atoms with Gasteiger partial charge in [-0.2, -0.15) is 0 Å². The molecule has 1 heterocycles. The Hall–Kier alpha value is -0.800. The van der Waals surface area contributed by atoms with Gasteiger partial charge in [-0.05, 0) is 47.6 Å². The molecule has 0 bridgehead atoms. The summed E-state index contributed by atoms with van der Waals surface area (Å²) in [6, 6.07) is 6.37. The van der Waals surface area contributed by atoms with Gasteiger partial charge in [0.25, 0.3) is 0 Å². The molecular formula is C11H13BrN2. The van der Waals surface area contributed by atoms with Gasteiger partial charge in [-0.15, -0.1) is 0 Å². The first-order valence-corrected chi connectivity index (χ1v) is 5.51. The Balaban J connectivity index is 2.46. The highest BCUT2D eigenvalue weighted by atomic mass is 79.9. The third-order valence-electron chi connectivity index (χ3n) is 2.39. The Kier molecular flexibility index (Phi) is 2.89. The minimum absolute atomic E-state index is 1.01. The second-order valence-electron chi connectivity index (χ2n) is 3.33. The van der Waals surface area contributed by atoms with Crippen LogP contribution in [0, 0.1) is 0 Å². The number of fused-ring (bicyclic) bond motifs is 1. The molecule has 0 saturated carbocycles. The predicted octanol–water partition coefficient (Wildman–Crippen LogP) is 2.69. The lowest BCUT2D eigenvalue weighted by atomic mass is 10.1. The van der Waals surface area contributed by atoms with Crippen LogP contribution in [0.1, 0.15) is 5.56 Å². The van der Waals surface area contributed by atoms with Crippen molar-refractivity contribution < 1.29 is 0 Å². The number of halogens is 1. The van der Waals surface area contributed by atoms with E-state index in [9.17, 15) is 0 Å². The molecule has 2 aromatic rings. The standard InChI is InChI=1S/C11H13BrN2/c1-13-6-5-8-3-2-4-10-11(8)9(12)7-14-10/h2-4,7,13-14H,5-6H2,1H3. The van der Waals surface area contributed by atoms with E-state index in [1.54, 1.807) is 0 Å². The maximum absolute atomic E-state index is 3.56. The van der Waals surface area contributed by atoms with Crippen molar-refractivity contribution in [2.24, 2.45) is 0 Å². The molecule has 1 aromatic heterocycles. The molecule has 3 heteroatoms. The van der Waals surface area contributed by atoms with E-state index in [4.69, 9.17) is 0 Å². The second kappa shape index (κ2) is 4.15. The van der Waals surface area contributed by atoms with Crippen LogP contribution < -0.4 is 5.32 Å². The molecule has 0 aliphatic heterocycles. The molecule has 1 aromatic carbocycles. The van der Waals surface area contributed by atoms with Gasteiger partial charge in [-0.3, -0.25) is 0 Å². The van der Waals surface area contributed by atoms with E-state index in [1.165, 1.54) is 16.5 Å². The summed E-state index contributed by atoms with van der Waals surface area (Å²) in [6.07, 6.45) is 3.05. The topological polar surface area (TPSA) is 27.8 Å². The minimum Gasteiger partial charge on any atom is -0.360 e. The average Bonchev–Trinajstić information content (AvgIpc) is 2.58. The summed E-state index contributed by atoms with van der Waals surface area (Å²) in [5.41, 5.74) is 2.58. The van der Waals surface area contributed by atoms with Crippen molar-refractivity contribution in [2.45, 2.75) is 6.42 Å². The third-order valence-corrected chi connectivity index (χ3v) is 3.01. The second-order valence-corrected chi connectivity index (χ2v) is 4.18. The zero-order valence-electron chi connectivity index (χ0n) is 8.10. The first-order chi connectivity index (χ1) is 6.83. The number of H-pyrrole nitrogens is 1. The van der Waals surface area contributed by atoms with Crippen LogP contribution in [0.5, 0.6) is 0 Å². The monoisotopic (exact) mass is 252 g/mol. The van der Waals surface area contributed by atoms with Crippen molar-refractivity contribution in [3.63, 3.8) is 0 Å². The minimum atomic E-state index is 1.01. The van der Waals surface area contributed by atoms with Crippen molar-refractivity contribution in [1.29, 1.82) is 0 Å². The highest BCUT2D eigenvalue weighted by Crippen LogP contribution is 2.26. The van der Waals surface area contributed by atoms with E-state index >= 15 is 0 Å². The fourth-order valence-corrected chi connectivity index (χ4v) is 2.27. The van der Waals surface area contributed by atoms with Crippen molar-refractivity contribution in [3.8, 4) is 0 Å². The number of aromatic nitrogens is 1. The van der Waals surface area contributed by atoms with Gasteiger partial charge >= 0.3 is 0 Å². The van der Waals surface area contributed by atoms with Gasteiger partial charge in [0.1, 0.15) is 0 Å². The molecular weight excluding hydrogens is 240 g/mol. The van der Waals surface area contributed by atoms with Crippen LogP contribution in [0.4, 0.5) is 0 Å². The summed E-state index contributed by atoms with van der Waals surface area (Å²) in [6.45, 7) is 1.01. The van der Waals surface area contributed by atoms with E-state index in [-0.39, 0.29) is 0 Å². The number of likely N-dealkylation sites (N-methyl/N-ethyl adjacent to an activating group) is 1. The SMILES string of the molecule is CNCCc1cccc2[nH]cc(Br)c12. The maximum Gasteiger partial charge on any atom is 0.0468 e. The van der Waals surface area contributed by atoms with Gasteiger partial charge in [-0.1, -0.05) is 12.1 Å². The van der Waals surface area contributed by atoms with Crippen LogP contribution >= 0.6 is 15.9 Å². The first kappa shape index (κ1) is 9.74. The number of hydrogen-bond acceptors (Lipinski definition) is 1. The normalized spacial score (nSPS) is 11.0. The van der Waals surface area contributed by atoms with Gasteiger partial charge in [0.05, 0.1) is 0 Å². The summed E-state index contributed by atoms with van der Waals surface area (Å²) in [7, 11) is 1.98. The molecule has 0 radical (unpaired) electrons. The lowest BCUT2D eigenvalue weighted by Gasteiger charge is -2.03. The van der Waals surface area contributed by atoms with Crippen LogP contribution in [0.15, 0.2) is 28.9 Å². The molecule has 2 nitrogen and oxygen atoms in total. The van der Waals surface area contributed by atoms with Gasteiger partial charge < -0.3 is 10.3 Å². The molecule has 0 aliphatic rings. The number of rotatable bonds is 3. The predicted molar refractivity (Wildman–Crippen MR) is 63.6 cm³/mol. The first-order valence-electron chi connectivity index (χ1n) is 4.72. The molecule has 0 unspecified atom stereocenters. The smallest absolute Gasteiger partial charge is 0.0468 e. The summed E-state index contributed by atoms with van der Waals surface area (Å²) < 4.78 is 1.15. The number of benzene rings is 1. The molecule has 0 amide bonds. The van der Waals surface area contributed by atoms with E-state index in [0.29, 0.717) is 0 Å². The zero-order chi connectivity index (χ0) is 9.97. The van der Waals surface area contributed by atoms with Crippen LogP contribution in [-0.2, 0) is 6.42 Å². The number of nitrogens with one attached hydrogen (secondary N) is 2. The van der Waals surface area contributed by atoms with Gasteiger partial charge in [-0.25, -0.2) is 0 Å². The van der Waals surface area contributed by atoms with Crippen molar-refractivity contribution in [3.05, 3.63) is 34.4 Å². The Bertz CT molecular complexity index is 434. The maximum atomic E-state index is 3.56. The lowest BCUT2D eigenvalue weighted by Crippen LogP contribution is -2.10. The van der Waals surface area contributed by atoms with Gasteiger partial charge in [0.2, 0.25) is 0 Å². The fourth-order valence-electron chi connectivity index (χ4n) is 1.68. The van der Waals surface area contributed by atoms with Crippen LogP contribution in [0.2, 0.25) is 0 Å². The molecule has 0 atom stereocenters. The molecule has 74 valence electrons. The van der Waals surface area contributed by atoms with E-state index in [0.717, 1.165) is 17.4 Å². The zero-order valence-corrected chi connectivity index (χ0v) is 9.69. The Morgan fingerprint density at radius 2 is 2.29 bits per heavy atom. The highest BCUT2D eigenvalue weighted by molar-refractivity contribution is 9.10. The Morgan fingerprint density at radius 1 is 1.43 bits per heavy atom. The van der Waals surface area contributed by atoms with Crippen molar-refractivity contribution >= 4 is 26.8 Å². The summed E-state index contributed by atoms with van der Waals surface area (Å²) >= 11 is 3.56. The highest BCUT2D eigenvalue weighted by Gasteiger charge is 2.05. The average molecular weight is 253 g/mol. The summed E-state index contributed by atoms with van der Waals surface area (Å²) in [5, 5.41) is 4.48. The number of hydrogen-bond donors (Lipinski definition) is 2. The molecule has 0 aliphatic carbocycles. The molecule has 14 heavy (non-hydrogen) atoms. The number of aromatic amines is 1. The van der Waals surface area contributed by atoms with Crippen molar-refractivity contribution in [2.75, 3.05) is 13.6 Å². The fraction of sp³-hybridized carbons (Fsp3) is 0.273. The van der Waals surface area contributed by atoms with E-state index in [2.05, 4.69) is 44.4 Å². The van der Waals surface area contributed by atoms with Crippen LogP contribution in [0.3, 0.4) is 0 Å². The Labute approximate surface area is 91.8 Å². The lowest BCUT2D eigenvalue weighted by molar-refractivity contribution is 0.795. The van der Waals surface area contributed by atoms with Gasteiger partial charge in [0, 0.05) is 21.6 Å². The molecule has 2 N–H and O–H groups in total. The van der Waals surface area contributed by atoms with Crippen LogP contribution in [0.25, 0.3) is 10.9 Å². The van der Waals surface area contributed by atoms with Gasteiger partial charge in [0.15, 0.2) is 0 Å². The third kappa shape index (κ3) is 1.70. The van der Waals surface area contributed by atoms with E-state index in [1.807, 2.05) is 13.2 Å². The molecule has 0 spiro atoms. The quantitative estimate of drug-likeness (QED) is 0.864.